The van der Waals surface area contributed by atoms with Crippen molar-refractivity contribution in [2.24, 2.45) is 0 Å². The van der Waals surface area contributed by atoms with E-state index in [2.05, 4.69) is 11.9 Å². The largest absolute Gasteiger partial charge is 0.315 e. The zero-order valence-corrected chi connectivity index (χ0v) is 19.5. The summed E-state index contributed by atoms with van der Waals surface area (Å²) >= 11 is 5.30. The summed E-state index contributed by atoms with van der Waals surface area (Å²) in [5.41, 5.74) is 1.62. The molecule has 160 valence electrons. The van der Waals surface area contributed by atoms with Gasteiger partial charge < -0.3 is 0 Å². The maximum Gasteiger partial charge on any atom is 0.315 e. The molecule has 28 heavy (non-hydrogen) atoms. The molecule has 6 heteroatoms. The highest BCUT2D eigenvalue weighted by molar-refractivity contribution is 7.86. The van der Waals surface area contributed by atoms with Gasteiger partial charge in [-0.15, -0.1) is 0 Å². The SMILES string of the molecule is CCCCCCCCCCCCC(=S)COS(=O)(=O)c1nccc(CC)c1C. The van der Waals surface area contributed by atoms with E-state index in [1.165, 1.54) is 57.6 Å². The molecule has 1 rings (SSSR count). The van der Waals surface area contributed by atoms with Crippen molar-refractivity contribution >= 4 is 27.2 Å². The highest BCUT2D eigenvalue weighted by Crippen LogP contribution is 2.19. The van der Waals surface area contributed by atoms with Crippen molar-refractivity contribution in [3.8, 4) is 0 Å². The lowest BCUT2D eigenvalue weighted by atomic mass is 10.1. The van der Waals surface area contributed by atoms with E-state index in [9.17, 15) is 8.42 Å². The summed E-state index contributed by atoms with van der Waals surface area (Å²) in [6.07, 6.45) is 15.7. The van der Waals surface area contributed by atoms with Crippen molar-refractivity contribution in [1.82, 2.24) is 4.98 Å². The Morgan fingerprint density at radius 3 is 2.14 bits per heavy atom. The van der Waals surface area contributed by atoms with Crippen LogP contribution in [0, 0.1) is 6.92 Å². The van der Waals surface area contributed by atoms with E-state index in [4.69, 9.17) is 16.4 Å². The van der Waals surface area contributed by atoms with Gasteiger partial charge in [0.1, 0.15) is 0 Å². The molecule has 1 heterocycles. The van der Waals surface area contributed by atoms with Gasteiger partial charge in [0.15, 0.2) is 5.03 Å². The molecule has 0 saturated heterocycles. The van der Waals surface area contributed by atoms with Crippen LogP contribution in [0.4, 0.5) is 0 Å². The third-order valence-corrected chi connectivity index (χ3v) is 6.71. The van der Waals surface area contributed by atoms with Gasteiger partial charge in [-0.1, -0.05) is 83.9 Å². The second-order valence-electron chi connectivity index (χ2n) is 7.44. The number of pyridine rings is 1. The predicted octanol–water partition coefficient (Wildman–Crippen LogP) is 6.34. The Kier molecular flexibility index (Phi) is 12.8. The van der Waals surface area contributed by atoms with Crippen molar-refractivity contribution in [1.29, 1.82) is 0 Å². The van der Waals surface area contributed by atoms with Gasteiger partial charge in [0.2, 0.25) is 0 Å². The van der Waals surface area contributed by atoms with Crippen molar-refractivity contribution < 1.29 is 12.6 Å². The molecule has 0 radical (unpaired) electrons. The van der Waals surface area contributed by atoms with E-state index in [-0.39, 0.29) is 11.6 Å². The van der Waals surface area contributed by atoms with Crippen molar-refractivity contribution in [3.05, 3.63) is 23.4 Å². The van der Waals surface area contributed by atoms with Gasteiger partial charge >= 0.3 is 10.1 Å². The second kappa shape index (κ2) is 14.2. The van der Waals surface area contributed by atoms with E-state index in [1.807, 2.05) is 13.0 Å². The van der Waals surface area contributed by atoms with E-state index >= 15 is 0 Å². The normalized spacial score (nSPS) is 11.7. The number of unbranched alkanes of at least 4 members (excludes halogenated alkanes) is 9. The third kappa shape index (κ3) is 9.57. The van der Waals surface area contributed by atoms with Crippen LogP contribution in [0.2, 0.25) is 0 Å². The molecule has 4 nitrogen and oxygen atoms in total. The summed E-state index contributed by atoms with van der Waals surface area (Å²) in [5.74, 6) is 0. The molecule has 0 fully saturated rings. The Balaban J connectivity index is 2.23. The fraction of sp³-hybridized carbons (Fsp3) is 0.727. The van der Waals surface area contributed by atoms with Crippen molar-refractivity contribution in [2.75, 3.05) is 6.61 Å². The smallest absolute Gasteiger partial charge is 0.260 e. The molecule has 0 unspecified atom stereocenters. The summed E-state index contributed by atoms with van der Waals surface area (Å²) in [7, 11) is -3.87. The molecule has 0 aromatic carbocycles. The number of aromatic nitrogens is 1. The fourth-order valence-corrected chi connectivity index (χ4v) is 4.65. The van der Waals surface area contributed by atoms with E-state index < -0.39 is 10.1 Å². The van der Waals surface area contributed by atoms with Crippen LogP contribution in [0.15, 0.2) is 17.3 Å². The molecule has 0 amide bonds. The number of aryl methyl sites for hydroxylation is 1. The first-order chi connectivity index (χ1) is 13.4. The van der Waals surface area contributed by atoms with Gasteiger partial charge in [0.05, 0.1) is 6.61 Å². The first-order valence-electron chi connectivity index (χ1n) is 10.8. The Morgan fingerprint density at radius 1 is 1.00 bits per heavy atom. The van der Waals surface area contributed by atoms with Gasteiger partial charge in [-0.25, -0.2) is 4.98 Å². The molecule has 1 aromatic rings. The molecular weight excluding hydrogens is 390 g/mol. The van der Waals surface area contributed by atoms with Crippen molar-refractivity contribution in [2.45, 2.75) is 103 Å². The van der Waals surface area contributed by atoms with Gasteiger partial charge in [0, 0.05) is 11.1 Å². The first-order valence-corrected chi connectivity index (χ1v) is 12.6. The molecule has 0 saturated carbocycles. The van der Waals surface area contributed by atoms with Crippen LogP contribution in [0.5, 0.6) is 0 Å². The average molecular weight is 428 g/mol. The summed E-state index contributed by atoms with van der Waals surface area (Å²) in [6.45, 7) is 5.96. The molecule has 0 aliphatic heterocycles. The second-order valence-corrected chi connectivity index (χ2v) is 9.55. The monoisotopic (exact) mass is 427 g/mol. The van der Waals surface area contributed by atoms with Gasteiger partial charge in [0.25, 0.3) is 0 Å². The fourth-order valence-electron chi connectivity index (χ4n) is 3.27. The topological polar surface area (TPSA) is 56.3 Å². The number of hydrogen-bond donors (Lipinski definition) is 0. The Morgan fingerprint density at radius 2 is 1.57 bits per heavy atom. The Labute approximate surface area is 177 Å². The highest BCUT2D eigenvalue weighted by atomic mass is 32.2. The van der Waals surface area contributed by atoms with Crippen LogP contribution in [0.3, 0.4) is 0 Å². The molecule has 1 aromatic heterocycles. The first kappa shape index (κ1) is 25.2. The van der Waals surface area contributed by atoms with Gasteiger partial charge in [-0.3, -0.25) is 4.18 Å². The standard InChI is InChI=1S/C22H37NO3S2/c1-4-6-7-8-9-10-11-12-13-14-15-21(27)18-26-28(24,25)22-19(3)20(5-2)16-17-23-22/h16-17H,4-15,18H2,1-3H3. The Hall–Kier alpha value is -0.850. The zero-order chi connectivity index (χ0) is 20.8. The molecule has 0 aliphatic carbocycles. The van der Waals surface area contributed by atoms with Crippen LogP contribution in [0.25, 0.3) is 0 Å². The van der Waals surface area contributed by atoms with Crippen LogP contribution < -0.4 is 0 Å². The van der Waals surface area contributed by atoms with Crippen LogP contribution in [-0.4, -0.2) is 24.9 Å². The Bertz CT molecular complexity index is 687. The van der Waals surface area contributed by atoms with E-state index in [1.54, 1.807) is 6.92 Å². The highest BCUT2D eigenvalue weighted by Gasteiger charge is 2.21. The molecular formula is C22H37NO3S2. The predicted molar refractivity (Wildman–Crippen MR) is 121 cm³/mol. The minimum atomic E-state index is -3.87. The quantitative estimate of drug-likeness (QED) is 0.175. The maximum atomic E-state index is 12.4. The van der Waals surface area contributed by atoms with E-state index in [0.717, 1.165) is 31.2 Å². The van der Waals surface area contributed by atoms with E-state index in [0.29, 0.717) is 10.4 Å². The lowest BCUT2D eigenvalue weighted by Gasteiger charge is -2.10. The minimum Gasteiger partial charge on any atom is -0.260 e. The molecule has 0 bridgehead atoms. The molecule has 0 atom stereocenters. The van der Waals surface area contributed by atoms with Crippen LogP contribution in [0.1, 0.15) is 95.6 Å². The maximum absolute atomic E-state index is 12.4. The summed E-state index contributed by atoms with van der Waals surface area (Å²) in [5, 5.41) is 0.00795. The average Bonchev–Trinajstić information content (AvgIpc) is 2.68. The molecule has 0 aliphatic rings. The summed E-state index contributed by atoms with van der Waals surface area (Å²) in [4.78, 5) is 4.67. The molecule has 0 N–H and O–H groups in total. The minimum absolute atomic E-state index is 0.00795. The zero-order valence-electron chi connectivity index (χ0n) is 17.8. The lowest BCUT2D eigenvalue weighted by molar-refractivity contribution is 0.365. The third-order valence-electron chi connectivity index (χ3n) is 5.07. The van der Waals surface area contributed by atoms with Crippen LogP contribution in [-0.2, 0) is 20.7 Å². The van der Waals surface area contributed by atoms with Crippen LogP contribution >= 0.6 is 12.2 Å². The number of hydrogen-bond acceptors (Lipinski definition) is 5. The van der Waals surface area contributed by atoms with Gasteiger partial charge in [-0.05, 0) is 43.4 Å². The summed E-state index contributed by atoms with van der Waals surface area (Å²) < 4.78 is 30.0. The number of thiocarbonyl (C=S) groups is 1. The number of rotatable bonds is 16. The van der Waals surface area contributed by atoms with Crippen molar-refractivity contribution in [3.63, 3.8) is 0 Å². The number of nitrogens with zero attached hydrogens (tertiary/aromatic N) is 1. The molecule has 0 spiro atoms. The summed E-state index contributed by atoms with van der Waals surface area (Å²) in [6, 6.07) is 1.84. The lowest BCUT2D eigenvalue weighted by Crippen LogP contribution is -2.16. The van der Waals surface area contributed by atoms with Gasteiger partial charge in [-0.2, -0.15) is 8.42 Å².